The van der Waals surface area contributed by atoms with Crippen molar-refractivity contribution in [2.24, 2.45) is 0 Å². The predicted molar refractivity (Wildman–Crippen MR) is 98.4 cm³/mol. The predicted octanol–water partition coefficient (Wildman–Crippen LogP) is 6.44. The van der Waals surface area contributed by atoms with Gasteiger partial charge in [-0.3, -0.25) is 0 Å². The largest absolute Gasteiger partial charge is 0.192 e. The van der Waals surface area contributed by atoms with Crippen molar-refractivity contribution in [1.29, 1.82) is 10.5 Å². The molecule has 0 aliphatic carbocycles. The fraction of sp³-hybridized carbons (Fsp3) is 0.600. The van der Waals surface area contributed by atoms with Gasteiger partial charge in [0.25, 0.3) is 0 Å². The van der Waals surface area contributed by atoms with Crippen LogP contribution in [0.3, 0.4) is 0 Å². The molecule has 0 radical (unpaired) electrons. The highest BCUT2D eigenvalue weighted by molar-refractivity contribution is 7.99. The second-order valence-electron chi connectivity index (χ2n) is 5.96. The molecule has 0 atom stereocenters. The first kappa shape index (κ1) is 19.6. The fourth-order valence-corrected chi connectivity index (χ4v) is 3.53. The molecule has 0 fully saturated rings. The maximum Gasteiger partial charge on any atom is 0.101 e. The lowest BCUT2D eigenvalue weighted by Crippen LogP contribution is -1.86. The van der Waals surface area contributed by atoms with Crippen LogP contribution in [0.5, 0.6) is 0 Å². The molecule has 0 saturated heterocycles. The summed E-state index contributed by atoms with van der Waals surface area (Å²) >= 11 is 1.79. The molecule has 0 N–H and O–H groups in total. The minimum Gasteiger partial charge on any atom is -0.192 e. The Labute approximate surface area is 145 Å². The number of nitrogens with zero attached hydrogens (tertiary/aromatic N) is 2. The highest BCUT2D eigenvalue weighted by Crippen LogP contribution is 2.23. The van der Waals surface area contributed by atoms with Crippen molar-refractivity contribution in [1.82, 2.24) is 0 Å². The van der Waals surface area contributed by atoms with Crippen molar-refractivity contribution in [2.45, 2.75) is 76.0 Å². The van der Waals surface area contributed by atoms with E-state index in [1.807, 2.05) is 12.1 Å². The summed E-state index contributed by atoms with van der Waals surface area (Å²) in [5.74, 6) is 1.09. The molecule has 1 rings (SSSR count). The average Bonchev–Trinajstić information content (AvgIpc) is 2.59. The Morgan fingerprint density at radius 2 is 1.35 bits per heavy atom. The number of hydrogen-bond donors (Lipinski definition) is 0. The zero-order valence-corrected chi connectivity index (χ0v) is 15.1. The van der Waals surface area contributed by atoms with Crippen LogP contribution in [0.1, 0.15) is 82.3 Å². The lowest BCUT2D eigenvalue weighted by Gasteiger charge is -2.04. The molecule has 3 heteroatoms. The zero-order valence-electron chi connectivity index (χ0n) is 14.3. The Bertz CT molecular complexity index is 525. The van der Waals surface area contributed by atoms with Gasteiger partial charge in [0, 0.05) is 4.90 Å². The Morgan fingerprint density at radius 3 is 1.91 bits per heavy atom. The van der Waals surface area contributed by atoms with Crippen LogP contribution in [-0.4, -0.2) is 5.75 Å². The second-order valence-corrected chi connectivity index (χ2v) is 7.13. The Balaban J connectivity index is 2.05. The highest BCUT2D eigenvalue weighted by Gasteiger charge is 2.03. The third kappa shape index (κ3) is 8.68. The normalized spacial score (nSPS) is 10.2. The van der Waals surface area contributed by atoms with Crippen molar-refractivity contribution in [3.63, 3.8) is 0 Å². The minimum atomic E-state index is 0.468. The fourth-order valence-electron chi connectivity index (χ4n) is 2.58. The van der Waals surface area contributed by atoms with E-state index in [1.54, 1.807) is 17.8 Å². The SMILES string of the molecule is CCCCCCCCCCCCSc1ccc(C#N)c(C#N)c1. The molecule has 1 aromatic carbocycles. The van der Waals surface area contributed by atoms with Gasteiger partial charge in [0.05, 0.1) is 11.1 Å². The van der Waals surface area contributed by atoms with Gasteiger partial charge in [0.15, 0.2) is 0 Å². The van der Waals surface area contributed by atoms with E-state index in [0.717, 1.165) is 10.6 Å². The Hall–Kier alpha value is -1.45. The van der Waals surface area contributed by atoms with Gasteiger partial charge >= 0.3 is 0 Å². The number of hydrogen-bond acceptors (Lipinski definition) is 3. The molecule has 1 aromatic rings. The van der Waals surface area contributed by atoms with Crippen LogP contribution in [0.4, 0.5) is 0 Å². The van der Waals surface area contributed by atoms with Gasteiger partial charge in [-0.1, -0.05) is 64.7 Å². The summed E-state index contributed by atoms with van der Waals surface area (Å²) in [5, 5.41) is 17.9. The number of rotatable bonds is 12. The molecular weight excluding hydrogens is 300 g/mol. The van der Waals surface area contributed by atoms with Crippen LogP contribution in [0.15, 0.2) is 23.1 Å². The van der Waals surface area contributed by atoms with E-state index in [9.17, 15) is 0 Å². The van der Waals surface area contributed by atoms with Gasteiger partial charge in [-0.15, -0.1) is 11.8 Å². The summed E-state index contributed by atoms with van der Waals surface area (Å²) in [5.41, 5.74) is 0.955. The van der Waals surface area contributed by atoms with E-state index in [2.05, 4.69) is 19.1 Å². The molecule has 0 bridgehead atoms. The van der Waals surface area contributed by atoms with Crippen molar-refractivity contribution < 1.29 is 0 Å². The Morgan fingerprint density at radius 1 is 0.783 bits per heavy atom. The molecule has 23 heavy (non-hydrogen) atoms. The lowest BCUT2D eigenvalue weighted by molar-refractivity contribution is 0.563. The van der Waals surface area contributed by atoms with Crippen LogP contribution >= 0.6 is 11.8 Å². The maximum atomic E-state index is 9.02. The second kappa shape index (κ2) is 13.0. The van der Waals surface area contributed by atoms with E-state index in [0.29, 0.717) is 11.1 Å². The molecule has 0 heterocycles. The van der Waals surface area contributed by atoms with Gasteiger partial charge in [0.1, 0.15) is 12.1 Å². The molecule has 0 aromatic heterocycles. The van der Waals surface area contributed by atoms with Gasteiger partial charge in [-0.25, -0.2) is 0 Å². The molecule has 0 aliphatic rings. The number of thioether (sulfide) groups is 1. The summed E-state index contributed by atoms with van der Waals surface area (Å²) in [6, 6.07) is 9.67. The van der Waals surface area contributed by atoms with Crippen LogP contribution in [0.2, 0.25) is 0 Å². The van der Waals surface area contributed by atoms with Gasteiger partial charge in [-0.2, -0.15) is 10.5 Å². The van der Waals surface area contributed by atoms with E-state index in [4.69, 9.17) is 10.5 Å². The molecular formula is C20H28N2S. The topological polar surface area (TPSA) is 47.6 Å². The number of unbranched alkanes of at least 4 members (excludes halogenated alkanes) is 9. The quantitative estimate of drug-likeness (QED) is 0.327. The number of benzene rings is 1. The summed E-state index contributed by atoms with van der Waals surface area (Å²) < 4.78 is 0. The van der Waals surface area contributed by atoms with Crippen LogP contribution in [-0.2, 0) is 0 Å². The van der Waals surface area contributed by atoms with Gasteiger partial charge in [-0.05, 0) is 30.4 Å². The van der Waals surface area contributed by atoms with Crippen molar-refractivity contribution in [3.05, 3.63) is 29.3 Å². The minimum absolute atomic E-state index is 0.468. The maximum absolute atomic E-state index is 9.02. The highest BCUT2D eigenvalue weighted by atomic mass is 32.2. The molecule has 124 valence electrons. The van der Waals surface area contributed by atoms with E-state index < -0.39 is 0 Å². The average molecular weight is 329 g/mol. The number of nitriles is 2. The lowest BCUT2D eigenvalue weighted by atomic mass is 10.1. The molecule has 0 spiro atoms. The van der Waals surface area contributed by atoms with Crippen molar-refractivity contribution in [3.8, 4) is 12.1 Å². The third-order valence-corrected chi connectivity index (χ3v) is 5.08. The molecule has 0 aliphatic heterocycles. The van der Waals surface area contributed by atoms with E-state index in [1.165, 1.54) is 64.2 Å². The molecule has 0 saturated carbocycles. The third-order valence-electron chi connectivity index (χ3n) is 4.00. The first-order valence-electron chi connectivity index (χ1n) is 8.89. The zero-order chi connectivity index (χ0) is 16.8. The molecule has 0 unspecified atom stereocenters. The van der Waals surface area contributed by atoms with E-state index in [-0.39, 0.29) is 0 Å². The van der Waals surface area contributed by atoms with E-state index >= 15 is 0 Å². The smallest absolute Gasteiger partial charge is 0.101 e. The summed E-state index contributed by atoms with van der Waals surface area (Å²) in [4.78, 5) is 1.09. The summed E-state index contributed by atoms with van der Waals surface area (Å²) in [7, 11) is 0. The van der Waals surface area contributed by atoms with Gasteiger partial charge < -0.3 is 0 Å². The van der Waals surface area contributed by atoms with Crippen LogP contribution in [0.25, 0.3) is 0 Å². The van der Waals surface area contributed by atoms with Crippen LogP contribution < -0.4 is 0 Å². The monoisotopic (exact) mass is 328 g/mol. The first-order valence-corrected chi connectivity index (χ1v) is 9.87. The van der Waals surface area contributed by atoms with Crippen LogP contribution in [0, 0.1) is 22.7 Å². The van der Waals surface area contributed by atoms with Crippen molar-refractivity contribution >= 4 is 11.8 Å². The first-order chi connectivity index (χ1) is 11.3. The van der Waals surface area contributed by atoms with Gasteiger partial charge in [0.2, 0.25) is 0 Å². The summed E-state index contributed by atoms with van der Waals surface area (Å²) in [6.45, 7) is 2.26. The molecule has 0 amide bonds. The summed E-state index contributed by atoms with van der Waals surface area (Å²) in [6.07, 6.45) is 13.5. The standard InChI is InChI=1S/C20H28N2S/c1-2-3-4-5-6-7-8-9-10-11-14-23-20-13-12-18(16-21)19(15-20)17-22/h12-13,15H,2-11,14H2,1H3. The van der Waals surface area contributed by atoms with Crippen molar-refractivity contribution in [2.75, 3.05) is 5.75 Å². The molecule has 2 nitrogen and oxygen atoms in total. The Kier molecular flexibility index (Phi) is 11.1.